The van der Waals surface area contributed by atoms with E-state index in [0.717, 1.165) is 40.8 Å². The maximum absolute atomic E-state index is 13.8. The van der Waals surface area contributed by atoms with Crippen LogP contribution in [-0.2, 0) is 11.3 Å². The molecule has 0 radical (unpaired) electrons. The molecule has 1 fully saturated rings. The molecule has 0 bridgehead atoms. The Bertz CT molecular complexity index is 952. The van der Waals surface area contributed by atoms with Gasteiger partial charge in [0.1, 0.15) is 0 Å². The van der Waals surface area contributed by atoms with Gasteiger partial charge in [0, 0.05) is 12.1 Å². The zero-order valence-electron chi connectivity index (χ0n) is 17.7. The number of pyridine rings is 1. The smallest absolute Gasteiger partial charge is 0.350 e. The van der Waals surface area contributed by atoms with E-state index in [-0.39, 0.29) is 17.4 Å². The van der Waals surface area contributed by atoms with Crippen molar-refractivity contribution in [2.45, 2.75) is 59.2 Å². The Hall–Kier alpha value is -2.63. The van der Waals surface area contributed by atoms with Gasteiger partial charge >= 0.3 is 6.18 Å². The third-order valence-electron chi connectivity index (χ3n) is 5.73. The fraction of sp³-hybridized carbons (Fsp3) is 0.417. The van der Waals surface area contributed by atoms with Gasteiger partial charge in [0.15, 0.2) is 0 Å². The van der Waals surface area contributed by atoms with Crippen LogP contribution in [0, 0.1) is 33.6 Å². The second-order valence-electron chi connectivity index (χ2n) is 8.18. The molecular weight excluding hydrogens is 389 g/mol. The van der Waals surface area contributed by atoms with Crippen LogP contribution in [0.15, 0.2) is 30.5 Å². The number of benzene rings is 1. The molecule has 0 spiro atoms. The van der Waals surface area contributed by atoms with Gasteiger partial charge in [-0.15, -0.1) is 0 Å². The third-order valence-corrected chi connectivity index (χ3v) is 5.73. The zero-order chi connectivity index (χ0) is 22.1. The van der Waals surface area contributed by atoms with E-state index < -0.39 is 12.1 Å². The average Bonchev–Trinajstić information content (AvgIpc) is 3.49. The van der Waals surface area contributed by atoms with Crippen molar-refractivity contribution in [2.24, 2.45) is 5.92 Å². The zero-order valence-corrected chi connectivity index (χ0v) is 17.7. The summed E-state index contributed by atoms with van der Waals surface area (Å²) in [5, 5.41) is 2.86. The van der Waals surface area contributed by atoms with E-state index in [0.29, 0.717) is 12.1 Å². The maximum Gasteiger partial charge on any atom is 0.399 e. The molecule has 3 nitrogen and oxygen atoms in total. The van der Waals surface area contributed by atoms with Gasteiger partial charge in [0.25, 0.3) is 0 Å². The first-order valence-electron chi connectivity index (χ1n) is 10.1. The van der Waals surface area contributed by atoms with Crippen LogP contribution in [0.3, 0.4) is 0 Å². The fourth-order valence-electron chi connectivity index (χ4n) is 3.43. The van der Waals surface area contributed by atoms with Crippen LogP contribution in [-0.4, -0.2) is 17.1 Å². The lowest BCUT2D eigenvalue weighted by atomic mass is 9.91. The number of carbonyl (C=O) groups is 1. The molecule has 1 heterocycles. The Morgan fingerprint density at radius 3 is 2.30 bits per heavy atom. The normalized spacial score (nSPS) is 15.4. The first-order valence-corrected chi connectivity index (χ1v) is 10.1. The van der Waals surface area contributed by atoms with Crippen LogP contribution in [0.1, 0.15) is 57.8 Å². The van der Waals surface area contributed by atoms with E-state index >= 15 is 0 Å². The van der Waals surface area contributed by atoms with E-state index in [4.69, 9.17) is 0 Å². The van der Waals surface area contributed by atoms with E-state index in [1.54, 1.807) is 24.4 Å². The summed E-state index contributed by atoms with van der Waals surface area (Å²) in [7, 11) is 0. The van der Waals surface area contributed by atoms with Crippen LogP contribution >= 0.6 is 0 Å². The van der Waals surface area contributed by atoms with Gasteiger partial charge in [-0.3, -0.25) is 9.78 Å². The van der Waals surface area contributed by atoms with Gasteiger partial charge < -0.3 is 5.32 Å². The van der Waals surface area contributed by atoms with Crippen LogP contribution in [0.25, 0.3) is 6.08 Å². The van der Waals surface area contributed by atoms with E-state index in [2.05, 4.69) is 10.3 Å². The van der Waals surface area contributed by atoms with Crippen molar-refractivity contribution < 1.29 is 18.0 Å². The number of aryl methyl sites for hydroxylation is 3. The topological polar surface area (TPSA) is 42.0 Å². The lowest BCUT2D eigenvalue weighted by Gasteiger charge is -2.19. The van der Waals surface area contributed by atoms with E-state index in [1.807, 2.05) is 27.7 Å². The first-order chi connectivity index (χ1) is 14.1. The largest absolute Gasteiger partial charge is 0.399 e. The molecule has 2 aromatic rings. The van der Waals surface area contributed by atoms with Crippen LogP contribution in [0.2, 0.25) is 0 Å². The Morgan fingerprint density at radius 1 is 1.13 bits per heavy atom. The lowest BCUT2D eigenvalue weighted by Crippen LogP contribution is -2.25. The maximum atomic E-state index is 13.8. The predicted octanol–water partition coefficient (Wildman–Crippen LogP) is 5.70. The van der Waals surface area contributed by atoms with Crippen molar-refractivity contribution >= 4 is 12.0 Å². The summed E-state index contributed by atoms with van der Waals surface area (Å²) in [5.41, 5.74) is 5.10. The number of aromatic nitrogens is 1. The second kappa shape index (κ2) is 8.62. The summed E-state index contributed by atoms with van der Waals surface area (Å²) >= 11 is 0. The van der Waals surface area contributed by atoms with Crippen molar-refractivity contribution in [3.05, 3.63) is 69.5 Å². The Balaban J connectivity index is 1.78. The van der Waals surface area contributed by atoms with Gasteiger partial charge in [0.05, 0.1) is 18.2 Å². The minimum atomic E-state index is -4.39. The third kappa shape index (κ3) is 5.29. The Kier molecular flexibility index (Phi) is 6.34. The second-order valence-corrected chi connectivity index (χ2v) is 8.18. The number of allylic oxidation sites excluding steroid dienone is 1. The number of alkyl halides is 3. The highest BCUT2D eigenvalue weighted by Gasteiger charge is 2.39. The molecule has 1 atom stereocenters. The number of amides is 1. The monoisotopic (exact) mass is 416 g/mol. The van der Waals surface area contributed by atoms with Crippen LogP contribution in [0.4, 0.5) is 13.2 Å². The highest BCUT2D eigenvalue weighted by molar-refractivity contribution is 5.80. The highest BCUT2D eigenvalue weighted by Crippen LogP contribution is 2.37. The van der Waals surface area contributed by atoms with Crippen molar-refractivity contribution in [2.75, 3.05) is 0 Å². The molecule has 6 heteroatoms. The summed E-state index contributed by atoms with van der Waals surface area (Å²) in [4.78, 5) is 16.1. The van der Waals surface area contributed by atoms with Crippen molar-refractivity contribution in [3.8, 4) is 0 Å². The van der Waals surface area contributed by atoms with Crippen LogP contribution in [0.5, 0.6) is 0 Å². The molecular formula is C24H27F3N2O. The number of hydrogen-bond donors (Lipinski definition) is 1. The summed E-state index contributed by atoms with van der Waals surface area (Å²) in [6.07, 6.45) is 1.68. The minimum Gasteiger partial charge on any atom is -0.350 e. The average molecular weight is 416 g/mol. The lowest BCUT2D eigenvalue weighted by molar-refractivity contribution is -0.139. The van der Waals surface area contributed by atoms with Gasteiger partial charge in [-0.1, -0.05) is 24.3 Å². The quantitative estimate of drug-likeness (QED) is 0.656. The van der Waals surface area contributed by atoms with Gasteiger partial charge in [-0.05, 0) is 80.0 Å². The standard InChI is InChI=1S/C24H27F3N2O/c1-14-10-20(11-15(2)17(14)4)21(24(25,26)27)8-5-18-9-16(3)22(28-12-18)13-29-23(30)19-6-7-19/h5,8-12,19,21H,6-7,13H2,1-4H3,(H,29,30)/b8-5+. The van der Waals surface area contributed by atoms with E-state index in [1.165, 1.54) is 12.2 Å². The molecule has 1 aliphatic carbocycles. The molecule has 1 amide bonds. The Morgan fingerprint density at radius 2 is 1.77 bits per heavy atom. The SMILES string of the molecule is Cc1cc(/C=C/C(c2cc(C)c(C)c(C)c2)C(F)(F)F)cnc1CNC(=O)C1CC1. The van der Waals surface area contributed by atoms with Crippen molar-refractivity contribution in [1.82, 2.24) is 10.3 Å². The highest BCUT2D eigenvalue weighted by atomic mass is 19.4. The number of carbonyl (C=O) groups excluding carboxylic acids is 1. The molecule has 1 saturated carbocycles. The molecule has 0 aliphatic heterocycles. The fourth-order valence-corrected chi connectivity index (χ4v) is 3.43. The summed E-state index contributed by atoms with van der Waals surface area (Å²) < 4.78 is 41.3. The van der Waals surface area contributed by atoms with Gasteiger partial charge in [-0.2, -0.15) is 13.2 Å². The molecule has 3 rings (SSSR count). The number of halogens is 3. The minimum absolute atomic E-state index is 0.0388. The molecule has 1 N–H and O–H groups in total. The van der Waals surface area contributed by atoms with Crippen molar-refractivity contribution in [1.29, 1.82) is 0 Å². The van der Waals surface area contributed by atoms with Crippen LogP contribution < -0.4 is 5.32 Å². The predicted molar refractivity (Wildman–Crippen MR) is 112 cm³/mol. The first kappa shape index (κ1) is 22.1. The summed E-state index contributed by atoms with van der Waals surface area (Å²) in [6, 6.07) is 5.02. The Labute approximate surface area is 175 Å². The summed E-state index contributed by atoms with van der Waals surface area (Å²) in [5.74, 6) is -1.52. The number of rotatable bonds is 6. The number of nitrogens with zero attached hydrogens (tertiary/aromatic N) is 1. The van der Waals surface area contributed by atoms with Gasteiger partial charge in [0.2, 0.25) is 5.91 Å². The summed E-state index contributed by atoms with van der Waals surface area (Å²) in [6.45, 7) is 7.75. The number of hydrogen-bond acceptors (Lipinski definition) is 2. The molecule has 1 unspecified atom stereocenters. The molecule has 0 saturated heterocycles. The molecule has 30 heavy (non-hydrogen) atoms. The van der Waals surface area contributed by atoms with Crippen molar-refractivity contribution in [3.63, 3.8) is 0 Å². The molecule has 1 aromatic carbocycles. The molecule has 1 aromatic heterocycles. The number of nitrogens with one attached hydrogen (secondary N) is 1. The molecule has 160 valence electrons. The van der Waals surface area contributed by atoms with E-state index in [9.17, 15) is 18.0 Å². The molecule has 1 aliphatic rings. The van der Waals surface area contributed by atoms with Gasteiger partial charge in [-0.25, -0.2) is 0 Å².